The Kier molecular flexibility index (Phi) is 2.99. The summed E-state index contributed by atoms with van der Waals surface area (Å²) < 4.78 is 26.1. The summed E-state index contributed by atoms with van der Waals surface area (Å²) in [4.78, 5) is 0. The molecule has 2 nitrogen and oxygen atoms in total. The molecule has 1 atom stereocenters. The second-order valence-corrected chi connectivity index (χ2v) is 4.54. The summed E-state index contributed by atoms with van der Waals surface area (Å²) in [5.41, 5.74) is 5.87. The van der Waals surface area contributed by atoms with E-state index >= 15 is 0 Å². The molecule has 2 rings (SSSR count). The first-order valence-corrected chi connectivity index (χ1v) is 5.56. The summed E-state index contributed by atoms with van der Waals surface area (Å²) in [6.07, 6.45) is 2.52. The molecule has 0 spiro atoms. The zero-order valence-corrected chi connectivity index (χ0v) is 9.26. The molecule has 0 amide bonds. The number of benzene rings is 1. The van der Waals surface area contributed by atoms with Crippen LogP contribution in [0.1, 0.15) is 19.8 Å². The van der Waals surface area contributed by atoms with E-state index in [-0.39, 0.29) is 5.69 Å². The summed E-state index contributed by atoms with van der Waals surface area (Å²) in [5.74, 6) is -0.0345. The van der Waals surface area contributed by atoms with Crippen molar-refractivity contribution in [2.45, 2.75) is 19.8 Å². The zero-order chi connectivity index (χ0) is 11.7. The van der Waals surface area contributed by atoms with E-state index in [4.69, 9.17) is 5.73 Å². The summed E-state index contributed by atoms with van der Waals surface area (Å²) in [6, 6.07) is 2.03. The van der Waals surface area contributed by atoms with Gasteiger partial charge in [0, 0.05) is 12.6 Å². The van der Waals surface area contributed by atoms with Crippen LogP contribution in [-0.4, -0.2) is 6.54 Å². The molecule has 1 aliphatic carbocycles. The van der Waals surface area contributed by atoms with Gasteiger partial charge in [0.1, 0.15) is 5.82 Å². The van der Waals surface area contributed by atoms with Crippen LogP contribution >= 0.6 is 0 Å². The van der Waals surface area contributed by atoms with E-state index in [0.717, 1.165) is 12.0 Å². The monoisotopic (exact) mass is 226 g/mol. The molecule has 0 bridgehead atoms. The molecule has 1 aromatic rings. The lowest BCUT2D eigenvalue weighted by Gasteiger charge is -2.14. The highest BCUT2D eigenvalue weighted by Crippen LogP contribution is 2.36. The van der Waals surface area contributed by atoms with Crippen LogP contribution in [0.4, 0.5) is 20.2 Å². The summed E-state index contributed by atoms with van der Waals surface area (Å²) in [5, 5.41) is 3.01. The summed E-state index contributed by atoms with van der Waals surface area (Å²) in [6.45, 7) is 2.84. The lowest BCUT2D eigenvalue weighted by Crippen LogP contribution is -2.14. The highest BCUT2D eigenvalue weighted by molar-refractivity contribution is 5.66. The number of hydrogen-bond acceptors (Lipinski definition) is 2. The van der Waals surface area contributed by atoms with Crippen LogP contribution in [-0.2, 0) is 0 Å². The SMILES string of the molecule is CC(CNc1cc(F)cc(F)c1N)C1CC1. The number of halogens is 2. The fourth-order valence-electron chi connectivity index (χ4n) is 1.83. The van der Waals surface area contributed by atoms with Gasteiger partial charge in [0.2, 0.25) is 0 Å². The Hall–Kier alpha value is -1.32. The molecule has 1 aromatic carbocycles. The highest BCUT2D eigenvalue weighted by atomic mass is 19.1. The topological polar surface area (TPSA) is 38.0 Å². The summed E-state index contributed by atoms with van der Waals surface area (Å²) in [7, 11) is 0. The van der Waals surface area contributed by atoms with Gasteiger partial charge in [-0.1, -0.05) is 6.92 Å². The van der Waals surface area contributed by atoms with Gasteiger partial charge in [-0.05, 0) is 30.7 Å². The Morgan fingerprint density at radius 1 is 1.44 bits per heavy atom. The van der Waals surface area contributed by atoms with Gasteiger partial charge in [0.25, 0.3) is 0 Å². The lowest BCUT2D eigenvalue weighted by molar-refractivity contribution is 0.535. The quantitative estimate of drug-likeness (QED) is 0.774. The molecule has 0 saturated heterocycles. The van der Waals surface area contributed by atoms with Crippen LogP contribution in [0.2, 0.25) is 0 Å². The standard InChI is InChI=1S/C12H16F2N2/c1-7(8-2-3-8)6-16-11-5-9(13)4-10(14)12(11)15/h4-5,7-8,16H,2-3,6,15H2,1H3. The second-order valence-electron chi connectivity index (χ2n) is 4.54. The van der Waals surface area contributed by atoms with Crippen molar-refractivity contribution in [3.8, 4) is 0 Å². The molecule has 0 aliphatic heterocycles. The molecular formula is C12H16F2N2. The zero-order valence-electron chi connectivity index (χ0n) is 9.26. The average molecular weight is 226 g/mol. The fourth-order valence-corrected chi connectivity index (χ4v) is 1.83. The molecule has 16 heavy (non-hydrogen) atoms. The van der Waals surface area contributed by atoms with Crippen molar-refractivity contribution in [3.63, 3.8) is 0 Å². The van der Waals surface area contributed by atoms with Crippen molar-refractivity contribution >= 4 is 11.4 Å². The maximum atomic E-state index is 13.1. The number of nitrogens with two attached hydrogens (primary N) is 1. The van der Waals surface area contributed by atoms with Gasteiger partial charge in [0.05, 0.1) is 11.4 Å². The van der Waals surface area contributed by atoms with Crippen LogP contribution in [0.5, 0.6) is 0 Å². The maximum absolute atomic E-state index is 13.1. The molecule has 0 heterocycles. The van der Waals surface area contributed by atoms with Crippen molar-refractivity contribution in [1.29, 1.82) is 0 Å². The van der Waals surface area contributed by atoms with Crippen LogP contribution < -0.4 is 11.1 Å². The van der Waals surface area contributed by atoms with Crippen LogP contribution in [0, 0.1) is 23.5 Å². The first kappa shape index (κ1) is 11.2. The largest absolute Gasteiger partial charge is 0.395 e. The number of anilines is 2. The van der Waals surface area contributed by atoms with Gasteiger partial charge in [-0.2, -0.15) is 0 Å². The van der Waals surface area contributed by atoms with Crippen LogP contribution in [0.25, 0.3) is 0 Å². The van der Waals surface area contributed by atoms with Crippen molar-refractivity contribution < 1.29 is 8.78 Å². The molecular weight excluding hydrogens is 210 g/mol. The van der Waals surface area contributed by atoms with Gasteiger partial charge >= 0.3 is 0 Å². The Bertz CT molecular complexity index is 389. The number of rotatable bonds is 4. The van der Waals surface area contributed by atoms with Gasteiger partial charge in [-0.25, -0.2) is 8.78 Å². The molecule has 88 valence electrons. The third kappa shape index (κ3) is 2.43. The number of nitrogens with one attached hydrogen (secondary N) is 1. The van der Waals surface area contributed by atoms with Gasteiger partial charge in [-0.15, -0.1) is 0 Å². The van der Waals surface area contributed by atoms with E-state index in [1.54, 1.807) is 0 Å². The Morgan fingerprint density at radius 3 is 2.75 bits per heavy atom. The van der Waals surface area contributed by atoms with Crippen molar-refractivity contribution in [2.24, 2.45) is 11.8 Å². The molecule has 1 unspecified atom stereocenters. The van der Waals surface area contributed by atoms with Crippen molar-refractivity contribution in [3.05, 3.63) is 23.8 Å². The molecule has 1 saturated carbocycles. The first-order valence-electron chi connectivity index (χ1n) is 5.56. The van der Waals surface area contributed by atoms with E-state index in [1.165, 1.54) is 18.9 Å². The minimum atomic E-state index is -0.707. The van der Waals surface area contributed by atoms with E-state index in [0.29, 0.717) is 18.2 Å². The minimum absolute atomic E-state index is 0.00982. The predicted molar refractivity (Wildman–Crippen MR) is 61.1 cm³/mol. The summed E-state index contributed by atoms with van der Waals surface area (Å²) >= 11 is 0. The first-order chi connectivity index (χ1) is 7.58. The fraction of sp³-hybridized carbons (Fsp3) is 0.500. The second kappa shape index (κ2) is 4.28. The third-order valence-electron chi connectivity index (χ3n) is 3.14. The van der Waals surface area contributed by atoms with Crippen molar-refractivity contribution in [2.75, 3.05) is 17.6 Å². The van der Waals surface area contributed by atoms with E-state index in [1.807, 2.05) is 0 Å². The number of hydrogen-bond donors (Lipinski definition) is 2. The molecule has 1 fully saturated rings. The Morgan fingerprint density at radius 2 is 2.12 bits per heavy atom. The van der Waals surface area contributed by atoms with Crippen molar-refractivity contribution in [1.82, 2.24) is 0 Å². The molecule has 0 radical (unpaired) electrons. The predicted octanol–water partition coefficient (Wildman–Crippen LogP) is 3.01. The van der Waals surface area contributed by atoms with Gasteiger partial charge < -0.3 is 11.1 Å². The Balaban J connectivity index is 2.02. The minimum Gasteiger partial charge on any atom is -0.395 e. The maximum Gasteiger partial charge on any atom is 0.151 e. The molecule has 4 heteroatoms. The smallest absolute Gasteiger partial charge is 0.151 e. The lowest BCUT2D eigenvalue weighted by atomic mass is 10.1. The van der Waals surface area contributed by atoms with E-state index in [2.05, 4.69) is 12.2 Å². The normalized spacial score (nSPS) is 17.2. The Labute approximate surface area is 93.8 Å². The van der Waals surface area contributed by atoms with E-state index < -0.39 is 11.6 Å². The molecule has 3 N–H and O–H groups in total. The molecule has 1 aliphatic rings. The number of nitrogen functional groups attached to an aromatic ring is 1. The molecule has 0 aromatic heterocycles. The van der Waals surface area contributed by atoms with Crippen LogP contribution in [0.3, 0.4) is 0 Å². The highest BCUT2D eigenvalue weighted by Gasteiger charge is 2.27. The van der Waals surface area contributed by atoms with E-state index in [9.17, 15) is 8.78 Å². The van der Waals surface area contributed by atoms with Gasteiger partial charge in [0.15, 0.2) is 5.82 Å². The van der Waals surface area contributed by atoms with Crippen LogP contribution in [0.15, 0.2) is 12.1 Å². The van der Waals surface area contributed by atoms with Gasteiger partial charge in [-0.3, -0.25) is 0 Å². The third-order valence-corrected chi connectivity index (χ3v) is 3.14. The average Bonchev–Trinajstić information content (AvgIpc) is 3.04.